The summed E-state index contributed by atoms with van der Waals surface area (Å²) in [6.07, 6.45) is 7.50. The zero-order chi connectivity index (χ0) is 20.5. The fourth-order valence-corrected chi connectivity index (χ4v) is 4.50. The molecule has 2 aliphatic rings. The van der Waals surface area contributed by atoms with Gasteiger partial charge in [-0.3, -0.25) is 4.99 Å². The molecule has 3 aromatic carbocycles. The van der Waals surface area contributed by atoms with Crippen molar-refractivity contribution in [2.45, 2.75) is 18.4 Å². The molecule has 1 aliphatic heterocycles. The van der Waals surface area contributed by atoms with E-state index in [4.69, 9.17) is 5.11 Å². The second kappa shape index (κ2) is 7.64. The van der Waals surface area contributed by atoms with Crippen LogP contribution in [-0.4, -0.2) is 17.3 Å². The van der Waals surface area contributed by atoms with Crippen LogP contribution in [0.3, 0.4) is 0 Å². The molecule has 5 rings (SSSR count). The number of fused-ring (bicyclic) bond motifs is 3. The highest BCUT2D eigenvalue weighted by Crippen LogP contribution is 2.49. The summed E-state index contributed by atoms with van der Waals surface area (Å²) in [6, 6.07) is 24.0. The summed E-state index contributed by atoms with van der Waals surface area (Å²) >= 11 is 0. The number of aliphatic imine (C=N–C) groups is 1. The topological polar surface area (TPSA) is 61.7 Å². The van der Waals surface area contributed by atoms with Crippen LogP contribution in [0, 0.1) is 5.92 Å². The van der Waals surface area contributed by atoms with E-state index in [1.165, 1.54) is 16.8 Å². The van der Waals surface area contributed by atoms with Crippen molar-refractivity contribution in [3.8, 4) is 0 Å². The van der Waals surface area contributed by atoms with Gasteiger partial charge in [0.25, 0.3) is 0 Å². The number of rotatable bonds is 4. The average molecular weight is 394 g/mol. The Kier molecular flexibility index (Phi) is 4.68. The monoisotopic (exact) mass is 394 g/mol. The Hall–Kier alpha value is -3.66. The first-order chi connectivity index (χ1) is 14.7. The normalized spacial score (nSPS) is 21.8. The zero-order valence-electron chi connectivity index (χ0n) is 16.4. The van der Waals surface area contributed by atoms with Crippen LogP contribution < -0.4 is 5.32 Å². The van der Waals surface area contributed by atoms with Gasteiger partial charge in [0.2, 0.25) is 0 Å². The molecule has 4 heteroatoms. The SMILES string of the molecule is O=C(O)c1ccc(C=Nc2ccc([C@@H]3Nc4ccccc4[C@H]4C=CC[C@H]43)cc2)cc1. The molecular formula is C26H22N2O2. The number of carboxylic acid groups (broad SMARTS) is 1. The van der Waals surface area contributed by atoms with Crippen LogP contribution in [0.25, 0.3) is 0 Å². The second-order valence-corrected chi connectivity index (χ2v) is 7.84. The molecule has 30 heavy (non-hydrogen) atoms. The molecule has 0 saturated heterocycles. The van der Waals surface area contributed by atoms with Gasteiger partial charge in [-0.1, -0.05) is 54.6 Å². The van der Waals surface area contributed by atoms with E-state index in [0.29, 0.717) is 11.8 Å². The number of benzene rings is 3. The first kappa shape index (κ1) is 18.4. The molecule has 3 aromatic rings. The van der Waals surface area contributed by atoms with Crippen molar-refractivity contribution in [3.05, 3.63) is 107 Å². The van der Waals surface area contributed by atoms with E-state index in [0.717, 1.165) is 17.7 Å². The van der Waals surface area contributed by atoms with Crippen molar-refractivity contribution >= 4 is 23.6 Å². The summed E-state index contributed by atoms with van der Waals surface area (Å²) in [6.45, 7) is 0. The van der Waals surface area contributed by atoms with Crippen LogP contribution in [0.15, 0.2) is 89.9 Å². The molecule has 0 saturated carbocycles. The number of hydrogen-bond acceptors (Lipinski definition) is 3. The van der Waals surface area contributed by atoms with Crippen molar-refractivity contribution in [1.82, 2.24) is 0 Å². The molecule has 0 spiro atoms. The Balaban J connectivity index is 1.34. The summed E-state index contributed by atoms with van der Waals surface area (Å²) in [7, 11) is 0. The Morgan fingerprint density at radius 1 is 1.00 bits per heavy atom. The summed E-state index contributed by atoms with van der Waals surface area (Å²) in [5, 5.41) is 12.7. The third-order valence-corrected chi connectivity index (χ3v) is 6.04. The number of nitrogens with zero attached hydrogens (tertiary/aromatic N) is 1. The summed E-state index contributed by atoms with van der Waals surface area (Å²) in [5.41, 5.74) is 5.91. The molecule has 0 bridgehead atoms. The van der Waals surface area contributed by atoms with Crippen molar-refractivity contribution in [2.75, 3.05) is 5.32 Å². The lowest BCUT2D eigenvalue weighted by atomic mass is 9.77. The summed E-state index contributed by atoms with van der Waals surface area (Å²) in [4.78, 5) is 15.5. The minimum atomic E-state index is -0.923. The van der Waals surface area contributed by atoms with Crippen LogP contribution in [0.4, 0.5) is 11.4 Å². The lowest BCUT2D eigenvalue weighted by molar-refractivity contribution is 0.0697. The molecule has 0 radical (unpaired) electrons. The van der Waals surface area contributed by atoms with Gasteiger partial charge < -0.3 is 10.4 Å². The number of anilines is 1. The van der Waals surface area contributed by atoms with E-state index in [-0.39, 0.29) is 11.6 Å². The van der Waals surface area contributed by atoms with Crippen LogP contribution >= 0.6 is 0 Å². The summed E-state index contributed by atoms with van der Waals surface area (Å²) in [5.74, 6) is 0.0775. The predicted molar refractivity (Wildman–Crippen MR) is 120 cm³/mol. The van der Waals surface area contributed by atoms with Crippen LogP contribution in [0.5, 0.6) is 0 Å². The maximum atomic E-state index is 10.9. The third-order valence-electron chi connectivity index (χ3n) is 6.04. The molecule has 0 aromatic heterocycles. The van der Waals surface area contributed by atoms with Crippen molar-refractivity contribution < 1.29 is 9.90 Å². The average Bonchev–Trinajstić information content (AvgIpc) is 3.28. The highest BCUT2D eigenvalue weighted by Gasteiger charge is 2.37. The van der Waals surface area contributed by atoms with Crippen LogP contribution in [-0.2, 0) is 0 Å². The molecule has 148 valence electrons. The Bertz CT molecular complexity index is 1130. The van der Waals surface area contributed by atoms with Gasteiger partial charge in [0.1, 0.15) is 0 Å². The van der Waals surface area contributed by atoms with E-state index in [9.17, 15) is 4.79 Å². The van der Waals surface area contributed by atoms with Gasteiger partial charge >= 0.3 is 5.97 Å². The number of carboxylic acids is 1. The van der Waals surface area contributed by atoms with Crippen molar-refractivity contribution in [1.29, 1.82) is 0 Å². The van der Waals surface area contributed by atoms with Gasteiger partial charge in [0.15, 0.2) is 0 Å². The molecule has 1 aliphatic carbocycles. The fourth-order valence-electron chi connectivity index (χ4n) is 4.50. The molecule has 3 atom stereocenters. The molecule has 2 N–H and O–H groups in total. The molecule has 0 unspecified atom stereocenters. The number of carbonyl (C=O) groups is 1. The van der Waals surface area contributed by atoms with Crippen LogP contribution in [0.2, 0.25) is 0 Å². The molecular weight excluding hydrogens is 372 g/mol. The second-order valence-electron chi connectivity index (χ2n) is 7.84. The molecule has 1 heterocycles. The van der Waals surface area contributed by atoms with E-state index >= 15 is 0 Å². The van der Waals surface area contributed by atoms with E-state index in [2.05, 4.69) is 58.9 Å². The lowest BCUT2D eigenvalue weighted by Crippen LogP contribution is -2.28. The fraction of sp³-hybridized carbons (Fsp3) is 0.154. The Morgan fingerprint density at radius 3 is 2.53 bits per heavy atom. The number of hydrogen-bond donors (Lipinski definition) is 2. The largest absolute Gasteiger partial charge is 0.478 e. The Morgan fingerprint density at radius 2 is 1.77 bits per heavy atom. The molecule has 0 amide bonds. The Labute approximate surface area is 175 Å². The smallest absolute Gasteiger partial charge is 0.335 e. The molecule has 4 nitrogen and oxygen atoms in total. The van der Waals surface area contributed by atoms with E-state index < -0.39 is 5.97 Å². The quantitative estimate of drug-likeness (QED) is 0.424. The van der Waals surface area contributed by atoms with Crippen molar-refractivity contribution in [2.24, 2.45) is 10.9 Å². The van der Waals surface area contributed by atoms with E-state index in [1.807, 2.05) is 12.1 Å². The zero-order valence-corrected chi connectivity index (χ0v) is 16.4. The predicted octanol–water partition coefficient (Wildman–Crippen LogP) is 5.96. The highest BCUT2D eigenvalue weighted by molar-refractivity contribution is 5.89. The van der Waals surface area contributed by atoms with Gasteiger partial charge in [-0.2, -0.15) is 0 Å². The maximum Gasteiger partial charge on any atom is 0.335 e. The summed E-state index contributed by atoms with van der Waals surface area (Å²) < 4.78 is 0. The van der Waals surface area contributed by atoms with Gasteiger partial charge in [-0.25, -0.2) is 4.79 Å². The van der Waals surface area contributed by atoms with Crippen molar-refractivity contribution in [3.63, 3.8) is 0 Å². The first-order valence-electron chi connectivity index (χ1n) is 10.2. The van der Waals surface area contributed by atoms with Crippen LogP contribution in [0.1, 0.15) is 45.4 Å². The first-order valence-corrected chi connectivity index (χ1v) is 10.2. The van der Waals surface area contributed by atoms with Gasteiger partial charge in [-0.05, 0) is 59.4 Å². The maximum absolute atomic E-state index is 10.9. The third kappa shape index (κ3) is 3.41. The number of aromatic carboxylic acids is 1. The van der Waals surface area contributed by atoms with Gasteiger partial charge in [0.05, 0.1) is 17.3 Å². The minimum Gasteiger partial charge on any atom is -0.478 e. The standard InChI is InChI=1S/C26H22N2O2/c29-26(30)19-10-8-17(9-11-19)16-27-20-14-12-18(13-15-20)25-23-6-3-5-21(23)22-4-1-2-7-24(22)28-25/h1-5,7-16,21,23,25,28H,6H2,(H,29,30)/t21-,23-,25+/m1/s1. The lowest BCUT2D eigenvalue weighted by Gasteiger charge is -2.37. The molecule has 0 fully saturated rings. The number of para-hydroxylation sites is 1. The van der Waals surface area contributed by atoms with Gasteiger partial charge in [-0.15, -0.1) is 0 Å². The number of allylic oxidation sites excluding steroid dienone is 2. The van der Waals surface area contributed by atoms with Gasteiger partial charge in [0, 0.05) is 17.8 Å². The van der Waals surface area contributed by atoms with E-state index in [1.54, 1.807) is 30.5 Å². The number of nitrogens with one attached hydrogen (secondary N) is 1. The minimum absolute atomic E-state index is 0.276. The highest BCUT2D eigenvalue weighted by atomic mass is 16.4.